The Labute approximate surface area is 153 Å². The zero-order valence-electron chi connectivity index (χ0n) is 15.2. The van der Waals surface area contributed by atoms with Crippen LogP contribution in [-0.2, 0) is 9.59 Å². The third-order valence-corrected chi connectivity index (χ3v) is 5.51. The summed E-state index contributed by atoms with van der Waals surface area (Å²) in [6.45, 7) is 7.33. The molecule has 0 spiro atoms. The molecule has 1 heterocycles. The van der Waals surface area contributed by atoms with Crippen molar-refractivity contribution in [3.63, 3.8) is 0 Å². The van der Waals surface area contributed by atoms with E-state index in [0.29, 0.717) is 23.0 Å². The van der Waals surface area contributed by atoms with Crippen molar-refractivity contribution in [2.45, 2.75) is 46.1 Å². The molecule has 0 radical (unpaired) electrons. The van der Waals surface area contributed by atoms with Crippen molar-refractivity contribution in [2.75, 3.05) is 19.0 Å². The lowest BCUT2D eigenvalue weighted by Crippen LogP contribution is -2.43. The Kier molecular flexibility index (Phi) is 4.48. The molecule has 1 aromatic carbocycles. The zero-order chi connectivity index (χ0) is 18.4. The summed E-state index contributed by atoms with van der Waals surface area (Å²) in [7, 11) is 1.51. The number of rotatable bonds is 2. The highest BCUT2D eigenvalue weighted by atomic mass is 35.5. The number of nitrogens with zero attached hydrogens (tertiary/aromatic N) is 1. The predicted octanol–water partition coefficient (Wildman–Crippen LogP) is 3.71. The Morgan fingerprint density at radius 1 is 1.28 bits per heavy atom. The standard InChI is InChI=1S/C19H25ClN2O3/c1-18(2)8-13-9-19(3,10-18)11-22(13)17(24)16(23)21-14-7-12(20)5-6-15(14)25-4/h5-7,13H,8-11H2,1-4H3,(H,21,23). The van der Waals surface area contributed by atoms with Crippen molar-refractivity contribution in [3.05, 3.63) is 23.2 Å². The maximum atomic E-state index is 12.8. The lowest BCUT2D eigenvalue weighted by molar-refractivity contribution is -0.144. The number of benzene rings is 1. The average Bonchev–Trinajstić information content (AvgIpc) is 2.75. The monoisotopic (exact) mass is 364 g/mol. The zero-order valence-corrected chi connectivity index (χ0v) is 15.9. The molecule has 2 fully saturated rings. The van der Waals surface area contributed by atoms with Crippen LogP contribution in [0.15, 0.2) is 18.2 Å². The lowest BCUT2D eigenvalue weighted by atomic mass is 9.65. The van der Waals surface area contributed by atoms with Crippen molar-refractivity contribution in [1.82, 2.24) is 4.90 Å². The van der Waals surface area contributed by atoms with Gasteiger partial charge in [0.25, 0.3) is 0 Å². The first-order valence-electron chi connectivity index (χ1n) is 8.58. The van der Waals surface area contributed by atoms with Crippen LogP contribution in [0.4, 0.5) is 5.69 Å². The highest BCUT2D eigenvalue weighted by Crippen LogP contribution is 2.52. The van der Waals surface area contributed by atoms with Crippen molar-refractivity contribution < 1.29 is 14.3 Å². The summed E-state index contributed by atoms with van der Waals surface area (Å²) in [6, 6.07) is 5.05. The molecule has 1 N–H and O–H groups in total. The Hall–Kier alpha value is -1.75. The Bertz CT molecular complexity index is 719. The van der Waals surface area contributed by atoms with Crippen LogP contribution in [0.25, 0.3) is 0 Å². The summed E-state index contributed by atoms with van der Waals surface area (Å²) < 4.78 is 5.22. The normalized spacial score (nSPS) is 27.1. The SMILES string of the molecule is COc1ccc(Cl)cc1NC(=O)C(=O)N1CC2(C)CC1CC(C)(C)C2. The first-order chi connectivity index (χ1) is 11.6. The molecule has 1 saturated carbocycles. The van der Waals surface area contributed by atoms with Gasteiger partial charge in [-0.05, 0) is 48.3 Å². The number of fused-ring (bicyclic) bond motifs is 2. The molecule has 0 aromatic heterocycles. The van der Waals surface area contributed by atoms with E-state index in [2.05, 4.69) is 26.1 Å². The van der Waals surface area contributed by atoms with E-state index in [9.17, 15) is 9.59 Å². The lowest BCUT2D eigenvalue weighted by Gasteiger charge is -2.39. The van der Waals surface area contributed by atoms with Crippen molar-refractivity contribution in [1.29, 1.82) is 0 Å². The Morgan fingerprint density at radius 3 is 2.68 bits per heavy atom. The van der Waals surface area contributed by atoms with E-state index in [4.69, 9.17) is 16.3 Å². The molecular weight excluding hydrogens is 340 g/mol. The molecule has 2 aliphatic rings. The van der Waals surface area contributed by atoms with Crippen LogP contribution in [0.1, 0.15) is 40.0 Å². The summed E-state index contributed by atoms with van der Waals surface area (Å²) in [6.07, 6.45) is 2.97. The topological polar surface area (TPSA) is 58.6 Å². The number of carbonyl (C=O) groups excluding carboxylic acids is 2. The van der Waals surface area contributed by atoms with Crippen LogP contribution in [0.3, 0.4) is 0 Å². The van der Waals surface area contributed by atoms with Gasteiger partial charge in [0.2, 0.25) is 0 Å². The van der Waals surface area contributed by atoms with Crippen LogP contribution < -0.4 is 10.1 Å². The molecule has 2 atom stereocenters. The van der Waals surface area contributed by atoms with Gasteiger partial charge in [0, 0.05) is 17.6 Å². The van der Waals surface area contributed by atoms with Crippen LogP contribution in [-0.4, -0.2) is 36.4 Å². The van der Waals surface area contributed by atoms with Gasteiger partial charge >= 0.3 is 11.8 Å². The second kappa shape index (κ2) is 6.20. The summed E-state index contributed by atoms with van der Waals surface area (Å²) >= 11 is 5.98. The number of halogens is 1. The van der Waals surface area contributed by atoms with Gasteiger partial charge in [-0.2, -0.15) is 0 Å². The van der Waals surface area contributed by atoms with E-state index in [1.54, 1.807) is 23.1 Å². The maximum absolute atomic E-state index is 12.8. The molecule has 1 aliphatic heterocycles. The third-order valence-electron chi connectivity index (χ3n) is 5.28. The van der Waals surface area contributed by atoms with Gasteiger partial charge in [-0.1, -0.05) is 32.4 Å². The molecule has 5 nitrogen and oxygen atoms in total. The number of hydrogen-bond donors (Lipinski definition) is 1. The van der Waals surface area contributed by atoms with E-state index >= 15 is 0 Å². The molecule has 2 unspecified atom stereocenters. The van der Waals surface area contributed by atoms with E-state index in [0.717, 1.165) is 19.3 Å². The van der Waals surface area contributed by atoms with E-state index < -0.39 is 11.8 Å². The average molecular weight is 365 g/mol. The fourth-order valence-electron chi connectivity index (χ4n) is 4.78. The number of anilines is 1. The number of hydrogen-bond acceptors (Lipinski definition) is 3. The Morgan fingerprint density at radius 2 is 2.00 bits per heavy atom. The molecule has 3 rings (SSSR count). The van der Waals surface area contributed by atoms with Crippen LogP contribution in [0.2, 0.25) is 5.02 Å². The molecule has 25 heavy (non-hydrogen) atoms. The first-order valence-corrected chi connectivity index (χ1v) is 8.96. The van der Waals surface area contributed by atoms with Gasteiger partial charge in [0.15, 0.2) is 0 Å². The minimum Gasteiger partial charge on any atom is -0.495 e. The second-order valence-electron chi connectivity index (χ2n) is 8.45. The smallest absolute Gasteiger partial charge is 0.314 e. The van der Waals surface area contributed by atoms with Gasteiger partial charge in [0.1, 0.15) is 5.75 Å². The fourth-order valence-corrected chi connectivity index (χ4v) is 4.95. The van der Waals surface area contributed by atoms with Gasteiger partial charge in [-0.3, -0.25) is 9.59 Å². The number of nitrogens with one attached hydrogen (secondary N) is 1. The van der Waals surface area contributed by atoms with Gasteiger partial charge in [-0.15, -0.1) is 0 Å². The number of likely N-dealkylation sites (tertiary alicyclic amines) is 1. The highest BCUT2D eigenvalue weighted by Gasteiger charge is 2.51. The second-order valence-corrected chi connectivity index (χ2v) is 8.88. The Balaban J connectivity index is 1.76. The van der Waals surface area contributed by atoms with Gasteiger partial charge in [0.05, 0.1) is 12.8 Å². The number of carbonyl (C=O) groups is 2. The number of amides is 2. The molecule has 2 bridgehead atoms. The minimum atomic E-state index is -0.644. The summed E-state index contributed by atoms with van der Waals surface area (Å²) in [5.41, 5.74) is 0.692. The molecule has 136 valence electrons. The summed E-state index contributed by atoms with van der Waals surface area (Å²) in [5, 5.41) is 3.12. The van der Waals surface area contributed by atoms with E-state index in [1.807, 2.05) is 0 Å². The summed E-state index contributed by atoms with van der Waals surface area (Å²) in [4.78, 5) is 27.1. The van der Waals surface area contributed by atoms with E-state index in [1.165, 1.54) is 7.11 Å². The number of methoxy groups -OCH3 is 1. The first kappa shape index (κ1) is 18.1. The van der Waals surface area contributed by atoms with Crippen molar-refractivity contribution >= 4 is 29.1 Å². The van der Waals surface area contributed by atoms with E-state index in [-0.39, 0.29) is 16.9 Å². The number of ether oxygens (including phenoxy) is 1. The van der Waals surface area contributed by atoms with Crippen LogP contribution in [0, 0.1) is 10.8 Å². The molecule has 1 saturated heterocycles. The van der Waals surface area contributed by atoms with Crippen LogP contribution >= 0.6 is 11.6 Å². The van der Waals surface area contributed by atoms with Gasteiger partial charge < -0.3 is 15.0 Å². The summed E-state index contributed by atoms with van der Waals surface area (Å²) in [5.74, 6) is -0.651. The van der Waals surface area contributed by atoms with Gasteiger partial charge in [-0.25, -0.2) is 0 Å². The maximum Gasteiger partial charge on any atom is 0.314 e. The van der Waals surface area contributed by atoms with Crippen molar-refractivity contribution in [2.24, 2.45) is 10.8 Å². The third kappa shape index (κ3) is 3.61. The fraction of sp³-hybridized carbons (Fsp3) is 0.579. The van der Waals surface area contributed by atoms with Crippen LogP contribution in [0.5, 0.6) is 5.75 Å². The largest absolute Gasteiger partial charge is 0.495 e. The molecule has 2 amide bonds. The molecule has 6 heteroatoms. The quantitative estimate of drug-likeness (QED) is 0.814. The molecular formula is C19H25ClN2O3. The minimum absolute atomic E-state index is 0.0934. The highest BCUT2D eigenvalue weighted by molar-refractivity contribution is 6.40. The predicted molar refractivity (Wildman–Crippen MR) is 97.9 cm³/mol. The molecule has 1 aromatic rings. The van der Waals surface area contributed by atoms with Crippen molar-refractivity contribution in [3.8, 4) is 5.75 Å². The molecule has 1 aliphatic carbocycles.